The highest BCUT2D eigenvalue weighted by Crippen LogP contribution is 2.29. The molecular formula is C22H40BrN3O3Si2. The normalized spacial score (nSPS) is 12.8. The molecule has 0 fully saturated rings. The van der Waals surface area contributed by atoms with Crippen molar-refractivity contribution in [2.45, 2.75) is 91.0 Å². The number of fused-ring (bicyclic) bond motifs is 1. The molecule has 0 aliphatic carbocycles. The number of aryl methyl sites for hydroxylation is 1. The van der Waals surface area contributed by atoms with Gasteiger partial charge in [0.2, 0.25) is 0 Å². The van der Waals surface area contributed by atoms with Gasteiger partial charge in [0.05, 0.1) is 21.7 Å². The second-order valence-corrected chi connectivity index (χ2v) is 22.7. The molecular weight excluding hydrogens is 490 g/mol. The molecule has 0 aliphatic rings. The molecule has 2 aromatic heterocycles. The second-order valence-electron chi connectivity index (χ2n) is 10.7. The zero-order chi connectivity index (χ0) is 23.2. The molecule has 0 spiro atoms. The van der Waals surface area contributed by atoms with Crippen LogP contribution in [0.1, 0.15) is 25.3 Å². The van der Waals surface area contributed by atoms with Crippen molar-refractivity contribution in [2.24, 2.45) is 0 Å². The fraction of sp³-hybridized carbons (Fsp3) is 0.727. The first-order chi connectivity index (χ1) is 14.4. The largest absolute Gasteiger partial charge is 0.361 e. The quantitative estimate of drug-likeness (QED) is 0.238. The molecule has 2 heterocycles. The van der Waals surface area contributed by atoms with Gasteiger partial charge in [0, 0.05) is 29.4 Å². The van der Waals surface area contributed by atoms with Gasteiger partial charge in [0.25, 0.3) is 5.56 Å². The molecule has 6 nitrogen and oxygen atoms in total. The fourth-order valence-corrected chi connectivity index (χ4v) is 5.41. The van der Waals surface area contributed by atoms with E-state index in [9.17, 15) is 4.79 Å². The van der Waals surface area contributed by atoms with Crippen LogP contribution in [0.5, 0.6) is 0 Å². The van der Waals surface area contributed by atoms with Crippen molar-refractivity contribution >= 4 is 43.0 Å². The first kappa shape index (κ1) is 26.5. The van der Waals surface area contributed by atoms with E-state index in [-0.39, 0.29) is 12.3 Å². The standard InChI is InChI=1S/C22H40BrN3O3Si2/c1-8-9-10-18-20-19(25(21(18)23)16-28-11-13-30(2,3)4)15-24-26(22(20)27)17-29-12-14-31(5,6)7/h15H,8-14,16-17H2,1-7H3. The van der Waals surface area contributed by atoms with Gasteiger partial charge in [-0.1, -0.05) is 52.6 Å². The lowest BCUT2D eigenvalue weighted by atomic mass is 10.1. The average molecular weight is 531 g/mol. The molecule has 0 aromatic carbocycles. The zero-order valence-electron chi connectivity index (χ0n) is 20.4. The topological polar surface area (TPSA) is 58.3 Å². The molecule has 2 aromatic rings. The smallest absolute Gasteiger partial charge is 0.278 e. The number of ether oxygens (including phenoxy) is 2. The van der Waals surface area contributed by atoms with E-state index in [1.54, 1.807) is 6.20 Å². The molecule has 31 heavy (non-hydrogen) atoms. The monoisotopic (exact) mass is 529 g/mol. The van der Waals surface area contributed by atoms with Gasteiger partial charge in [-0.25, -0.2) is 4.68 Å². The minimum atomic E-state index is -1.16. The van der Waals surface area contributed by atoms with Crippen molar-refractivity contribution in [2.75, 3.05) is 13.2 Å². The van der Waals surface area contributed by atoms with Gasteiger partial charge in [-0.15, -0.1) is 0 Å². The Labute approximate surface area is 197 Å². The van der Waals surface area contributed by atoms with Crippen LogP contribution >= 0.6 is 15.9 Å². The van der Waals surface area contributed by atoms with Gasteiger partial charge >= 0.3 is 0 Å². The lowest BCUT2D eigenvalue weighted by Crippen LogP contribution is -2.26. The molecule has 0 radical (unpaired) electrons. The maximum absolute atomic E-state index is 13.3. The predicted molar refractivity (Wildman–Crippen MR) is 139 cm³/mol. The summed E-state index contributed by atoms with van der Waals surface area (Å²) in [4.78, 5) is 13.3. The number of hydrogen-bond acceptors (Lipinski definition) is 4. The lowest BCUT2D eigenvalue weighted by Gasteiger charge is -2.16. The number of halogens is 1. The van der Waals surface area contributed by atoms with Crippen molar-refractivity contribution in [3.63, 3.8) is 0 Å². The van der Waals surface area contributed by atoms with E-state index < -0.39 is 16.1 Å². The number of rotatable bonds is 13. The molecule has 0 N–H and O–H groups in total. The Morgan fingerprint density at radius 3 is 2.13 bits per heavy atom. The van der Waals surface area contributed by atoms with Crippen molar-refractivity contribution in [1.82, 2.24) is 14.3 Å². The van der Waals surface area contributed by atoms with E-state index in [1.165, 1.54) is 4.68 Å². The highest BCUT2D eigenvalue weighted by Gasteiger charge is 2.20. The van der Waals surface area contributed by atoms with Gasteiger partial charge in [-0.3, -0.25) is 4.79 Å². The molecule has 0 unspecified atom stereocenters. The van der Waals surface area contributed by atoms with Gasteiger partial charge in [-0.05, 0) is 46.4 Å². The van der Waals surface area contributed by atoms with E-state index in [4.69, 9.17) is 9.47 Å². The summed E-state index contributed by atoms with van der Waals surface area (Å²) in [6.07, 6.45) is 4.74. The van der Waals surface area contributed by atoms with Gasteiger partial charge < -0.3 is 14.0 Å². The average Bonchev–Trinajstić information content (AvgIpc) is 2.92. The van der Waals surface area contributed by atoms with Crippen LogP contribution in [-0.2, 0) is 29.4 Å². The summed E-state index contributed by atoms with van der Waals surface area (Å²) < 4.78 is 16.2. The summed E-state index contributed by atoms with van der Waals surface area (Å²) >= 11 is 3.75. The molecule has 176 valence electrons. The highest BCUT2D eigenvalue weighted by atomic mass is 79.9. The lowest BCUT2D eigenvalue weighted by molar-refractivity contribution is 0.0752. The van der Waals surface area contributed by atoms with Crippen LogP contribution in [0.3, 0.4) is 0 Å². The van der Waals surface area contributed by atoms with Crippen LogP contribution in [0, 0.1) is 0 Å². The first-order valence-electron chi connectivity index (χ1n) is 11.4. The van der Waals surface area contributed by atoms with Crippen LogP contribution in [0.25, 0.3) is 10.9 Å². The highest BCUT2D eigenvalue weighted by molar-refractivity contribution is 9.10. The van der Waals surface area contributed by atoms with E-state index in [0.29, 0.717) is 13.3 Å². The van der Waals surface area contributed by atoms with Gasteiger partial charge in [0.1, 0.15) is 13.5 Å². The van der Waals surface area contributed by atoms with E-state index in [0.717, 1.165) is 59.0 Å². The Kier molecular flexibility index (Phi) is 9.75. The Morgan fingerprint density at radius 1 is 1.00 bits per heavy atom. The van der Waals surface area contributed by atoms with Crippen LogP contribution in [-0.4, -0.2) is 43.7 Å². The minimum absolute atomic E-state index is 0.0850. The summed E-state index contributed by atoms with van der Waals surface area (Å²) in [5.74, 6) is 0. The number of hydrogen-bond donors (Lipinski definition) is 0. The van der Waals surface area contributed by atoms with Gasteiger partial charge in [-0.2, -0.15) is 5.10 Å². The SMILES string of the molecule is CCCCc1c(Br)n(COCC[Si](C)(C)C)c2cnn(COCC[Si](C)(C)C)c(=O)c12. The van der Waals surface area contributed by atoms with Crippen molar-refractivity contribution in [3.8, 4) is 0 Å². The van der Waals surface area contributed by atoms with Crippen molar-refractivity contribution in [3.05, 3.63) is 26.7 Å². The summed E-state index contributed by atoms with van der Waals surface area (Å²) in [5.41, 5.74) is 1.79. The molecule has 0 bridgehead atoms. The van der Waals surface area contributed by atoms with Crippen LogP contribution in [0.2, 0.25) is 51.4 Å². The van der Waals surface area contributed by atoms with Gasteiger partial charge in [0.15, 0.2) is 0 Å². The molecule has 2 rings (SSSR count). The molecule has 0 saturated heterocycles. The molecule has 0 aliphatic heterocycles. The van der Waals surface area contributed by atoms with Crippen molar-refractivity contribution in [1.29, 1.82) is 0 Å². The van der Waals surface area contributed by atoms with Crippen LogP contribution in [0.4, 0.5) is 0 Å². The second kappa shape index (κ2) is 11.4. The van der Waals surface area contributed by atoms with E-state index in [1.807, 2.05) is 4.57 Å². The maximum atomic E-state index is 13.3. The third-order valence-corrected chi connectivity index (χ3v) is 9.62. The Hall–Kier alpha value is -0.746. The maximum Gasteiger partial charge on any atom is 0.278 e. The van der Waals surface area contributed by atoms with E-state index in [2.05, 4.69) is 67.2 Å². The molecule has 0 atom stereocenters. The molecule has 0 saturated carbocycles. The third kappa shape index (κ3) is 7.96. The number of aromatic nitrogens is 3. The summed E-state index contributed by atoms with van der Waals surface area (Å²) in [6, 6.07) is 2.19. The van der Waals surface area contributed by atoms with E-state index >= 15 is 0 Å². The fourth-order valence-electron chi connectivity index (χ4n) is 3.20. The first-order valence-corrected chi connectivity index (χ1v) is 19.6. The third-order valence-electron chi connectivity index (χ3n) is 5.31. The molecule has 9 heteroatoms. The zero-order valence-corrected chi connectivity index (χ0v) is 24.0. The summed E-state index contributed by atoms with van der Waals surface area (Å²) in [5, 5.41) is 5.14. The Morgan fingerprint density at radius 2 is 1.58 bits per heavy atom. The number of nitrogens with zero attached hydrogens (tertiary/aromatic N) is 3. The predicted octanol–water partition coefficient (Wildman–Crippen LogP) is 5.93. The Bertz CT molecular complexity index is 914. The van der Waals surface area contributed by atoms with Crippen LogP contribution < -0.4 is 5.56 Å². The minimum Gasteiger partial charge on any atom is -0.361 e. The Balaban J connectivity index is 2.27. The number of unbranched alkanes of at least 4 members (excludes halogenated alkanes) is 1. The van der Waals surface area contributed by atoms with Crippen molar-refractivity contribution < 1.29 is 9.47 Å². The molecule has 0 amide bonds. The summed E-state index contributed by atoms with van der Waals surface area (Å²) in [7, 11) is -2.31. The summed E-state index contributed by atoms with van der Waals surface area (Å²) in [6.45, 7) is 18.2. The van der Waals surface area contributed by atoms with Crippen LogP contribution in [0.15, 0.2) is 15.6 Å².